The second-order valence-corrected chi connectivity index (χ2v) is 12.3. The number of amides is 2. The zero-order chi connectivity index (χ0) is 32.9. The third-order valence-corrected chi connectivity index (χ3v) is 9.20. The number of nitrogens with one attached hydrogen (secondary N) is 1. The summed E-state index contributed by atoms with van der Waals surface area (Å²) in [6.07, 6.45) is 2.18. The van der Waals surface area contributed by atoms with Gasteiger partial charge in [-0.1, -0.05) is 29.5 Å². The van der Waals surface area contributed by atoms with Gasteiger partial charge in [-0.3, -0.25) is 14.7 Å². The third-order valence-electron chi connectivity index (χ3n) is 8.10. The van der Waals surface area contributed by atoms with Crippen LogP contribution in [0.3, 0.4) is 0 Å². The van der Waals surface area contributed by atoms with Gasteiger partial charge in [0.15, 0.2) is 10.8 Å². The lowest BCUT2D eigenvalue weighted by molar-refractivity contribution is -0.136. The number of carbonyl (C=O) groups excluding carboxylic acids is 3. The quantitative estimate of drug-likeness (QED) is 0.207. The summed E-state index contributed by atoms with van der Waals surface area (Å²) >= 11 is 7.87. The predicted octanol–water partition coefficient (Wildman–Crippen LogP) is 3.85. The fourth-order valence-corrected chi connectivity index (χ4v) is 6.75. The van der Waals surface area contributed by atoms with E-state index in [1.54, 1.807) is 30.5 Å². The summed E-state index contributed by atoms with van der Waals surface area (Å²) < 4.78 is 24.0. The molecule has 2 fully saturated rings. The molecule has 0 aliphatic carbocycles. The molecule has 1 N–H and O–H groups in total. The first kappa shape index (κ1) is 32.2. The molecule has 0 radical (unpaired) electrons. The zero-order valence-electron chi connectivity index (χ0n) is 25.3. The highest BCUT2D eigenvalue weighted by atomic mass is 35.5. The van der Waals surface area contributed by atoms with Crippen molar-refractivity contribution < 1.29 is 28.2 Å². The number of benzene rings is 2. The minimum Gasteiger partial charge on any atom is -0.466 e. The minimum atomic E-state index is -0.848. The second-order valence-electron chi connectivity index (χ2n) is 11.0. The molecule has 2 atom stereocenters. The summed E-state index contributed by atoms with van der Waals surface area (Å²) in [5.41, 5.74) is 2.11. The van der Waals surface area contributed by atoms with E-state index in [2.05, 4.69) is 27.0 Å². The fourth-order valence-electron chi connectivity index (χ4n) is 5.89. The molecule has 3 aliphatic rings. The maximum Gasteiger partial charge on any atom is 0.338 e. The maximum absolute atomic E-state index is 14.0. The van der Waals surface area contributed by atoms with Gasteiger partial charge >= 0.3 is 12.0 Å². The van der Waals surface area contributed by atoms with Crippen LogP contribution < -0.4 is 10.1 Å². The SMILES string of the molecule is COC(=O)C1=C(CN2CCN3C(=O)N(CCC#Cc4ccc(OC=O)cc4)C[C@@H]3C2)NC(c2nccs2)=N[C@H]1c1ccc(F)cc1Cl. The number of amidine groups is 1. The molecule has 11 nitrogen and oxygen atoms in total. The number of aromatic nitrogens is 1. The van der Waals surface area contributed by atoms with E-state index in [1.165, 1.54) is 36.6 Å². The number of halogens is 2. The van der Waals surface area contributed by atoms with Crippen molar-refractivity contribution >= 4 is 47.2 Å². The van der Waals surface area contributed by atoms with Crippen molar-refractivity contribution in [1.29, 1.82) is 0 Å². The highest BCUT2D eigenvalue weighted by molar-refractivity contribution is 7.11. The van der Waals surface area contributed by atoms with Gasteiger partial charge < -0.3 is 24.6 Å². The highest BCUT2D eigenvalue weighted by Crippen LogP contribution is 2.37. The number of aliphatic imine (C=N–C) groups is 1. The van der Waals surface area contributed by atoms with Crippen LogP contribution in [0.5, 0.6) is 5.75 Å². The number of hydrogen-bond acceptors (Lipinski definition) is 10. The van der Waals surface area contributed by atoms with Gasteiger partial charge in [0.1, 0.15) is 17.6 Å². The van der Waals surface area contributed by atoms with Crippen LogP contribution in [0.15, 0.2) is 70.3 Å². The van der Waals surface area contributed by atoms with Crippen molar-refractivity contribution in [2.75, 3.05) is 46.4 Å². The molecule has 242 valence electrons. The van der Waals surface area contributed by atoms with Crippen molar-refractivity contribution in [2.24, 2.45) is 4.99 Å². The summed E-state index contributed by atoms with van der Waals surface area (Å²) in [5.74, 6) is 6.04. The van der Waals surface area contributed by atoms with Crippen LogP contribution in [0, 0.1) is 17.7 Å². The zero-order valence-corrected chi connectivity index (χ0v) is 26.9. The maximum atomic E-state index is 14.0. The Balaban J connectivity index is 1.16. The van der Waals surface area contributed by atoms with Gasteiger partial charge in [-0.2, -0.15) is 0 Å². The van der Waals surface area contributed by atoms with Crippen LogP contribution in [0.25, 0.3) is 0 Å². The Kier molecular flexibility index (Phi) is 9.81. The first-order valence-electron chi connectivity index (χ1n) is 14.8. The Morgan fingerprint density at radius 2 is 2.04 bits per heavy atom. The summed E-state index contributed by atoms with van der Waals surface area (Å²) in [4.78, 5) is 52.1. The Labute approximate surface area is 279 Å². The van der Waals surface area contributed by atoms with Gasteiger partial charge in [0.2, 0.25) is 0 Å². The number of carbonyl (C=O) groups is 3. The van der Waals surface area contributed by atoms with Crippen LogP contribution in [0.2, 0.25) is 5.02 Å². The van der Waals surface area contributed by atoms with Crippen LogP contribution in [-0.4, -0.2) is 96.4 Å². The average Bonchev–Trinajstić information content (AvgIpc) is 3.72. The van der Waals surface area contributed by atoms with Gasteiger partial charge in [0, 0.05) is 79.1 Å². The predicted molar refractivity (Wildman–Crippen MR) is 174 cm³/mol. The van der Waals surface area contributed by atoms with Gasteiger partial charge in [0.25, 0.3) is 6.47 Å². The Hall–Kier alpha value is -4.77. The van der Waals surface area contributed by atoms with Gasteiger partial charge in [-0.05, 0) is 36.4 Å². The molecule has 6 rings (SSSR count). The topological polar surface area (TPSA) is 117 Å². The largest absolute Gasteiger partial charge is 0.466 e. The monoisotopic (exact) mass is 676 g/mol. The molecule has 0 bridgehead atoms. The summed E-state index contributed by atoms with van der Waals surface area (Å²) in [6.45, 7) is 3.50. The Bertz CT molecular complexity index is 1790. The third kappa shape index (κ3) is 7.15. The number of thiazole rings is 1. The molecule has 0 unspecified atom stereocenters. The van der Waals surface area contributed by atoms with E-state index in [4.69, 9.17) is 26.1 Å². The van der Waals surface area contributed by atoms with Crippen molar-refractivity contribution in [3.05, 3.63) is 92.3 Å². The van der Waals surface area contributed by atoms with E-state index < -0.39 is 17.8 Å². The minimum absolute atomic E-state index is 0.0127. The average molecular weight is 677 g/mol. The number of methoxy groups -OCH3 is 1. The molecule has 1 aromatic heterocycles. The van der Waals surface area contributed by atoms with E-state index >= 15 is 0 Å². The lowest BCUT2D eigenvalue weighted by Crippen LogP contribution is -2.53. The molecule has 4 heterocycles. The van der Waals surface area contributed by atoms with Crippen molar-refractivity contribution in [1.82, 2.24) is 25.0 Å². The van der Waals surface area contributed by atoms with Crippen LogP contribution >= 0.6 is 22.9 Å². The molecule has 0 spiro atoms. The number of ether oxygens (including phenoxy) is 2. The van der Waals surface area contributed by atoms with Gasteiger partial charge in [-0.25, -0.2) is 19.0 Å². The first-order chi connectivity index (χ1) is 22.8. The smallest absolute Gasteiger partial charge is 0.338 e. The molecule has 3 aromatic rings. The number of nitrogens with zero attached hydrogens (tertiary/aromatic N) is 5. The Morgan fingerprint density at radius 1 is 1.21 bits per heavy atom. The standard InChI is InChI=1S/C33H30ClFN6O5S/c1-45-32(43)28-27(37-30(31-36-11-15-47-31)38-29(28)25-10-7-22(35)16-26(25)34)19-39-13-14-41-23(17-39)18-40(33(41)44)12-3-2-4-21-5-8-24(9-6-21)46-20-42/h5-11,15-16,20,23,29H,3,12-14,17-19H2,1H3,(H,37,38)/t23-,29-/m0/s1. The normalized spacial score (nSPS) is 19.4. The number of esters is 1. The van der Waals surface area contributed by atoms with E-state index in [-0.39, 0.29) is 22.7 Å². The number of rotatable bonds is 9. The van der Waals surface area contributed by atoms with Gasteiger partial charge in [-0.15, -0.1) is 11.3 Å². The molecule has 2 aromatic carbocycles. The molecule has 2 saturated heterocycles. The number of fused-ring (bicyclic) bond motifs is 1. The molecule has 2 amide bonds. The molecule has 47 heavy (non-hydrogen) atoms. The lowest BCUT2D eigenvalue weighted by atomic mass is 9.95. The van der Waals surface area contributed by atoms with E-state index in [0.717, 1.165) is 5.56 Å². The van der Waals surface area contributed by atoms with E-state index in [0.29, 0.717) is 80.0 Å². The number of piperazine rings is 1. The van der Waals surface area contributed by atoms with Crippen molar-refractivity contribution in [3.63, 3.8) is 0 Å². The molecule has 0 saturated carbocycles. The molecule has 3 aliphatic heterocycles. The van der Waals surface area contributed by atoms with Crippen LogP contribution in [0.4, 0.5) is 9.18 Å². The molecular formula is C33H30ClFN6O5S. The van der Waals surface area contributed by atoms with Crippen LogP contribution in [0.1, 0.15) is 28.6 Å². The molecular weight excluding hydrogens is 647 g/mol. The van der Waals surface area contributed by atoms with Gasteiger partial charge in [0.05, 0.1) is 18.7 Å². The van der Waals surface area contributed by atoms with E-state index in [1.807, 2.05) is 15.2 Å². The van der Waals surface area contributed by atoms with Crippen molar-refractivity contribution in [3.8, 4) is 17.6 Å². The summed E-state index contributed by atoms with van der Waals surface area (Å²) in [7, 11) is 1.30. The number of hydrogen-bond donors (Lipinski definition) is 1. The highest BCUT2D eigenvalue weighted by Gasteiger charge is 2.41. The summed E-state index contributed by atoms with van der Waals surface area (Å²) in [5, 5.41) is 5.92. The Morgan fingerprint density at radius 3 is 2.77 bits per heavy atom. The van der Waals surface area contributed by atoms with Crippen LogP contribution in [-0.2, 0) is 14.3 Å². The van der Waals surface area contributed by atoms with Crippen molar-refractivity contribution in [2.45, 2.75) is 18.5 Å². The second kappa shape index (κ2) is 14.3. The number of urea groups is 1. The van der Waals surface area contributed by atoms with E-state index in [9.17, 15) is 18.8 Å². The summed E-state index contributed by atoms with van der Waals surface area (Å²) in [6, 6.07) is 10.00. The first-order valence-corrected chi connectivity index (χ1v) is 16.1. The molecule has 14 heteroatoms. The lowest BCUT2D eigenvalue weighted by Gasteiger charge is -2.38. The fraction of sp³-hybridized carbons (Fsp3) is 0.303.